The quantitative estimate of drug-likeness (QED) is 0.625. The van der Waals surface area contributed by atoms with Gasteiger partial charge >= 0.3 is 6.09 Å². The predicted molar refractivity (Wildman–Crippen MR) is 114 cm³/mol. The summed E-state index contributed by atoms with van der Waals surface area (Å²) in [6.45, 7) is 8.79. The van der Waals surface area contributed by atoms with E-state index in [1.165, 1.54) is 11.2 Å². The second-order valence-electron chi connectivity index (χ2n) is 8.30. The second kappa shape index (κ2) is 8.29. The number of hydrogen-bond donors (Lipinski definition) is 2. The normalized spacial score (nSPS) is 12.5. The van der Waals surface area contributed by atoms with Crippen molar-refractivity contribution in [3.8, 4) is 11.4 Å². The first-order valence-electron chi connectivity index (χ1n) is 9.75. The van der Waals surface area contributed by atoms with Crippen LogP contribution in [0.5, 0.6) is 0 Å². The fraction of sp³-hybridized carbons (Fsp3) is 0.381. The van der Waals surface area contributed by atoms with Crippen LogP contribution in [0.15, 0.2) is 30.9 Å². The molecule has 1 amide bonds. The molecule has 3 rings (SSSR count). The Labute approximate surface area is 180 Å². The molecule has 1 unspecified atom stereocenters. The van der Waals surface area contributed by atoms with E-state index in [0.29, 0.717) is 16.8 Å². The van der Waals surface area contributed by atoms with Gasteiger partial charge in [-0.1, -0.05) is 6.07 Å². The molecular formula is C21H26FN7O2. The van der Waals surface area contributed by atoms with E-state index in [9.17, 15) is 9.90 Å². The van der Waals surface area contributed by atoms with E-state index in [0.717, 1.165) is 0 Å². The number of carboxylic acid groups (broad SMARTS) is 1. The molecule has 0 radical (unpaired) electrons. The number of aryl methyl sites for hydroxylation is 1. The molecule has 9 nitrogen and oxygen atoms in total. The minimum Gasteiger partial charge on any atom is -0.465 e. The lowest BCUT2D eigenvalue weighted by molar-refractivity contribution is 0.0750. The van der Waals surface area contributed by atoms with Gasteiger partial charge in [-0.3, -0.25) is 9.58 Å². The van der Waals surface area contributed by atoms with E-state index in [1.807, 2.05) is 0 Å². The van der Waals surface area contributed by atoms with Gasteiger partial charge in [0, 0.05) is 18.8 Å². The number of amides is 1. The maximum atomic E-state index is 15.3. The average molecular weight is 427 g/mol. The van der Waals surface area contributed by atoms with Crippen LogP contribution in [0.2, 0.25) is 0 Å². The number of hydrogen-bond acceptors (Lipinski definition) is 6. The molecule has 31 heavy (non-hydrogen) atoms. The highest BCUT2D eigenvalue weighted by atomic mass is 19.1. The molecule has 0 aliphatic rings. The van der Waals surface area contributed by atoms with Gasteiger partial charge in [0.25, 0.3) is 0 Å². The Kier molecular flexibility index (Phi) is 5.92. The Morgan fingerprint density at radius 1 is 1.29 bits per heavy atom. The average Bonchev–Trinajstić information content (AvgIpc) is 3.07. The van der Waals surface area contributed by atoms with Crippen LogP contribution < -0.4 is 5.32 Å². The van der Waals surface area contributed by atoms with Crippen molar-refractivity contribution in [2.45, 2.75) is 46.2 Å². The fourth-order valence-corrected chi connectivity index (χ4v) is 3.60. The van der Waals surface area contributed by atoms with E-state index >= 15 is 4.39 Å². The molecule has 10 heteroatoms. The first-order chi connectivity index (χ1) is 14.5. The highest BCUT2D eigenvalue weighted by molar-refractivity contribution is 5.67. The summed E-state index contributed by atoms with van der Waals surface area (Å²) in [6, 6.07) is 2.75. The van der Waals surface area contributed by atoms with E-state index < -0.39 is 23.5 Å². The van der Waals surface area contributed by atoms with E-state index in [2.05, 4.69) is 25.4 Å². The zero-order chi connectivity index (χ0) is 22.9. The largest absolute Gasteiger partial charge is 0.465 e. The minimum absolute atomic E-state index is 0.173. The van der Waals surface area contributed by atoms with Crippen LogP contribution in [0.4, 0.5) is 20.8 Å². The summed E-state index contributed by atoms with van der Waals surface area (Å²) in [6.07, 6.45) is 3.62. The van der Waals surface area contributed by atoms with Crippen molar-refractivity contribution in [2.75, 3.05) is 5.32 Å². The Bertz CT molecular complexity index is 1110. The van der Waals surface area contributed by atoms with Gasteiger partial charge in [0.1, 0.15) is 12.1 Å². The highest BCUT2D eigenvalue weighted by Gasteiger charge is 2.33. The molecule has 2 heterocycles. The van der Waals surface area contributed by atoms with E-state index in [-0.39, 0.29) is 17.3 Å². The number of anilines is 2. The third-order valence-corrected chi connectivity index (χ3v) is 4.97. The Morgan fingerprint density at radius 2 is 2.00 bits per heavy atom. The van der Waals surface area contributed by atoms with Crippen molar-refractivity contribution in [1.29, 1.82) is 0 Å². The molecule has 0 aliphatic heterocycles. The molecule has 164 valence electrons. The molecule has 2 N–H and O–H groups in total. The summed E-state index contributed by atoms with van der Waals surface area (Å²) in [5.41, 5.74) is 1.19. The molecule has 1 atom stereocenters. The zero-order valence-electron chi connectivity index (χ0n) is 18.4. The van der Waals surface area contributed by atoms with Crippen molar-refractivity contribution < 1.29 is 14.3 Å². The van der Waals surface area contributed by atoms with Crippen LogP contribution in [-0.4, -0.2) is 46.4 Å². The first-order valence-corrected chi connectivity index (χ1v) is 9.75. The van der Waals surface area contributed by atoms with E-state index in [4.69, 9.17) is 0 Å². The van der Waals surface area contributed by atoms with Crippen molar-refractivity contribution in [2.24, 2.45) is 7.05 Å². The van der Waals surface area contributed by atoms with Crippen LogP contribution in [0.25, 0.3) is 11.4 Å². The third-order valence-electron chi connectivity index (χ3n) is 4.97. The number of rotatable bonds is 5. The summed E-state index contributed by atoms with van der Waals surface area (Å²) >= 11 is 0. The van der Waals surface area contributed by atoms with E-state index in [1.54, 1.807) is 70.9 Å². The lowest BCUT2D eigenvalue weighted by atomic mass is 9.94. The Morgan fingerprint density at radius 3 is 2.58 bits per heavy atom. The van der Waals surface area contributed by atoms with Crippen molar-refractivity contribution >= 4 is 17.7 Å². The molecule has 0 spiro atoms. The summed E-state index contributed by atoms with van der Waals surface area (Å²) in [7, 11) is 1.79. The standard InChI is InChI=1S/C21H26FN7O2/c1-12-15(13(2)29(20(30)31)21(3,4)5)7-8-16(17(12)22)18-23-11-24-19(27-18)26-14-9-25-28(6)10-14/h7-11,13H,1-6H3,(H,30,31)(H,23,24,26,27). The minimum atomic E-state index is -1.06. The summed E-state index contributed by atoms with van der Waals surface area (Å²) in [4.78, 5) is 25.6. The second-order valence-corrected chi connectivity index (χ2v) is 8.30. The number of carbonyl (C=O) groups is 1. The smallest absolute Gasteiger partial charge is 0.408 e. The number of aromatic nitrogens is 5. The fourth-order valence-electron chi connectivity index (χ4n) is 3.60. The maximum absolute atomic E-state index is 15.3. The van der Waals surface area contributed by atoms with Gasteiger partial charge in [-0.05, 0) is 51.8 Å². The van der Waals surface area contributed by atoms with Crippen LogP contribution in [0, 0.1) is 12.7 Å². The molecule has 2 aromatic heterocycles. The van der Waals surface area contributed by atoms with Crippen LogP contribution in [0.3, 0.4) is 0 Å². The summed E-state index contributed by atoms with van der Waals surface area (Å²) in [5.74, 6) is -0.0634. The molecule has 1 aromatic carbocycles. The number of nitrogens with one attached hydrogen (secondary N) is 1. The third kappa shape index (κ3) is 4.62. The van der Waals surface area contributed by atoms with Crippen molar-refractivity contribution in [1.82, 2.24) is 29.6 Å². The van der Waals surface area contributed by atoms with Gasteiger partial charge < -0.3 is 10.4 Å². The maximum Gasteiger partial charge on any atom is 0.408 e. The van der Waals surface area contributed by atoms with Crippen LogP contribution in [-0.2, 0) is 7.05 Å². The molecule has 0 saturated heterocycles. The Balaban J connectivity index is 1.95. The van der Waals surface area contributed by atoms with Gasteiger partial charge in [-0.15, -0.1) is 0 Å². The lowest BCUT2D eigenvalue weighted by Crippen LogP contribution is -2.46. The SMILES string of the molecule is Cc1c(C(C)N(C(=O)O)C(C)(C)C)ccc(-c2ncnc(Nc3cnn(C)c3)n2)c1F. The summed E-state index contributed by atoms with van der Waals surface area (Å²) in [5, 5.41) is 16.7. The van der Waals surface area contributed by atoms with Gasteiger partial charge in [0.15, 0.2) is 5.82 Å². The lowest BCUT2D eigenvalue weighted by Gasteiger charge is -2.38. The van der Waals surface area contributed by atoms with Gasteiger partial charge in [-0.25, -0.2) is 19.2 Å². The van der Waals surface area contributed by atoms with Gasteiger partial charge in [-0.2, -0.15) is 10.1 Å². The highest BCUT2D eigenvalue weighted by Crippen LogP contribution is 2.33. The first kappa shape index (κ1) is 22.1. The number of nitrogens with zero attached hydrogens (tertiary/aromatic N) is 6. The van der Waals surface area contributed by atoms with Gasteiger partial charge in [0.05, 0.1) is 23.5 Å². The predicted octanol–water partition coefficient (Wildman–Crippen LogP) is 4.30. The van der Waals surface area contributed by atoms with Crippen molar-refractivity contribution in [3.63, 3.8) is 0 Å². The van der Waals surface area contributed by atoms with Crippen LogP contribution in [0.1, 0.15) is 44.9 Å². The summed E-state index contributed by atoms with van der Waals surface area (Å²) < 4.78 is 17.0. The molecular weight excluding hydrogens is 401 g/mol. The topological polar surface area (TPSA) is 109 Å². The molecule has 0 saturated carbocycles. The molecule has 0 bridgehead atoms. The number of benzene rings is 1. The molecule has 3 aromatic rings. The zero-order valence-corrected chi connectivity index (χ0v) is 18.4. The molecule has 0 aliphatic carbocycles. The van der Waals surface area contributed by atoms with Crippen molar-refractivity contribution in [3.05, 3.63) is 47.8 Å². The monoisotopic (exact) mass is 427 g/mol. The number of halogens is 1. The Hall–Kier alpha value is -3.56. The van der Waals surface area contributed by atoms with Gasteiger partial charge in [0.2, 0.25) is 5.95 Å². The molecule has 0 fully saturated rings. The van der Waals surface area contributed by atoms with Crippen LogP contribution >= 0.6 is 0 Å².